The summed E-state index contributed by atoms with van der Waals surface area (Å²) in [7, 11) is 1.80. The van der Waals surface area contributed by atoms with E-state index in [2.05, 4.69) is 31.4 Å². The van der Waals surface area contributed by atoms with E-state index >= 15 is 0 Å². The number of rotatable bonds is 2. The van der Waals surface area contributed by atoms with Gasteiger partial charge in [-0.3, -0.25) is 0 Å². The van der Waals surface area contributed by atoms with Crippen molar-refractivity contribution in [1.29, 1.82) is 0 Å². The Labute approximate surface area is 114 Å². The van der Waals surface area contributed by atoms with E-state index in [1.54, 1.807) is 13.2 Å². The number of nitrogens with one attached hydrogen (secondary N) is 2. The molecule has 0 radical (unpaired) electrons. The molecule has 0 saturated carbocycles. The third kappa shape index (κ3) is 1.55. The van der Waals surface area contributed by atoms with Crippen LogP contribution < -0.4 is 5.32 Å². The van der Waals surface area contributed by atoms with Gasteiger partial charge in [0.05, 0.1) is 5.52 Å². The van der Waals surface area contributed by atoms with Gasteiger partial charge >= 0.3 is 0 Å². The molecule has 6 nitrogen and oxygen atoms in total. The summed E-state index contributed by atoms with van der Waals surface area (Å²) in [6.45, 7) is 0. The molecule has 2 N–H and O–H groups in total. The van der Waals surface area contributed by atoms with Crippen molar-refractivity contribution >= 4 is 22.5 Å². The smallest absolute Gasteiger partial charge is 0.224 e. The van der Waals surface area contributed by atoms with Gasteiger partial charge in [-0.2, -0.15) is 10.1 Å². The predicted octanol–water partition coefficient (Wildman–Crippen LogP) is 2.31. The van der Waals surface area contributed by atoms with E-state index in [9.17, 15) is 0 Å². The highest BCUT2D eigenvalue weighted by Gasteiger charge is 2.09. The van der Waals surface area contributed by atoms with Crippen LogP contribution in [0.3, 0.4) is 0 Å². The molecule has 0 bridgehead atoms. The molecule has 4 rings (SSSR count). The first-order chi connectivity index (χ1) is 9.85. The van der Waals surface area contributed by atoms with Crippen LogP contribution in [-0.4, -0.2) is 31.6 Å². The zero-order chi connectivity index (χ0) is 13.5. The molecule has 0 unspecified atom stereocenters. The van der Waals surface area contributed by atoms with Crippen LogP contribution in [0.5, 0.6) is 0 Å². The average Bonchev–Trinajstić information content (AvgIpc) is 3.11. The maximum Gasteiger partial charge on any atom is 0.224 e. The Bertz CT molecular complexity index is 904. The number of H-pyrrole nitrogens is 1. The number of anilines is 1. The second-order valence-corrected chi connectivity index (χ2v) is 4.52. The van der Waals surface area contributed by atoms with E-state index in [0.29, 0.717) is 5.95 Å². The van der Waals surface area contributed by atoms with Gasteiger partial charge in [0.15, 0.2) is 0 Å². The van der Waals surface area contributed by atoms with E-state index in [1.165, 1.54) is 0 Å². The van der Waals surface area contributed by atoms with Crippen molar-refractivity contribution < 1.29 is 0 Å². The Balaban J connectivity index is 1.92. The first-order valence-electron chi connectivity index (χ1n) is 6.31. The highest BCUT2D eigenvalue weighted by molar-refractivity contribution is 5.94. The average molecular weight is 264 g/mol. The van der Waals surface area contributed by atoms with Crippen LogP contribution in [0.4, 0.5) is 5.95 Å². The third-order valence-corrected chi connectivity index (χ3v) is 3.37. The van der Waals surface area contributed by atoms with Gasteiger partial charge in [0.25, 0.3) is 0 Å². The van der Waals surface area contributed by atoms with E-state index in [0.717, 1.165) is 27.7 Å². The van der Waals surface area contributed by atoms with Crippen LogP contribution in [0.25, 0.3) is 27.7 Å². The summed E-state index contributed by atoms with van der Waals surface area (Å²) in [5.74, 6) is 0.608. The van der Waals surface area contributed by atoms with Gasteiger partial charge in [0.2, 0.25) is 5.95 Å². The van der Waals surface area contributed by atoms with Crippen molar-refractivity contribution in [1.82, 2.24) is 24.6 Å². The molecule has 0 fully saturated rings. The standard InChI is InChI=1S/C14H12N6/c1-15-14-17-8-12-11(7-16-13(12)19-14)9-3-5-20-10(6-9)2-4-18-20/h2-8H,1H3,(H2,15,16,17,19). The van der Waals surface area contributed by atoms with Crippen LogP contribution in [-0.2, 0) is 0 Å². The summed E-state index contributed by atoms with van der Waals surface area (Å²) >= 11 is 0. The van der Waals surface area contributed by atoms with Crippen LogP contribution in [0.1, 0.15) is 0 Å². The monoisotopic (exact) mass is 264 g/mol. The summed E-state index contributed by atoms with van der Waals surface area (Å²) < 4.78 is 1.84. The lowest BCUT2D eigenvalue weighted by atomic mass is 10.1. The molecule has 0 aliphatic heterocycles. The van der Waals surface area contributed by atoms with Crippen LogP contribution >= 0.6 is 0 Å². The summed E-state index contributed by atoms with van der Waals surface area (Å²) in [6.07, 6.45) is 7.53. The van der Waals surface area contributed by atoms with Crippen molar-refractivity contribution in [2.75, 3.05) is 12.4 Å². The number of fused-ring (bicyclic) bond motifs is 2. The van der Waals surface area contributed by atoms with E-state index in [1.807, 2.05) is 35.2 Å². The lowest BCUT2D eigenvalue weighted by Gasteiger charge is -2.01. The largest absolute Gasteiger partial charge is 0.357 e. The number of nitrogens with zero attached hydrogens (tertiary/aromatic N) is 4. The normalized spacial score (nSPS) is 11.2. The molecule has 0 amide bonds. The fraction of sp³-hybridized carbons (Fsp3) is 0.0714. The maximum atomic E-state index is 4.40. The fourth-order valence-electron chi connectivity index (χ4n) is 2.36. The lowest BCUT2D eigenvalue weighted by molar-refractivity contribution is 0.962. The number of aromatic nitrogens is 5. The molecule has 0 saturated heterocycles. The number of aromatic amines is 1. The Morgan fingerprint density at radius 2 is 2.25 bits per heavy atom. The van der Waals surface area contributed by atoms with Gasteiger partial charge in [0, 0.05) is 42.8 Å². The minimum atomic E-state index is 0.608. The summed E-state index contributed by atoms with van der Waals surface area (Å²) in [5.41, 5.74) is 4.09. The third-order valence-electron chi connectivity index (χ3n) is 3.37. The van der Waals surface area contributed by atoms with E-state index in [4.69, 9.17) is 0 Å². The first kappa shape index (κ1) is 11.0. The van der Waals surface area contributed by atoms with Crippen molar-refractivity contribution in [3.8, 4) is 11.1 Å². The maximum absolute atomic E-state index is 4.40. The van der Waals surface area contributed by atoms with Crippen molar-refractivity contribution in [2.45, 2.75) is 0 Å². The van der Waals surface area contributed by atoms with Crippen LogP contribution in [0.2, 0.25) is 0 Å². The van der Waals surface area contributed by atoms with Gasteiger partial charge in [-0.15, -0.1) is 0 Å². The molecule has 20 heavy (non-hydrogen) atoms. The molecule has 0 aliphatic rings. The van der Waals surface area contributed by atoms with Crippen LogP contribution in [0.15, 0.2) is 43.0 Å². The number of pyridine rings is 1. The molecular formula is C14H12N6. The Kier molecular flexibility index (Phi) is 2.23. The topological polar surface area (TPSA) is 70.9 Å². The van der Waals surface area contributed by atoms with Gasteiger partial charge in [-0.1, -0.05) is 0 Å². The molecule has 0 aliphatic carbocycles. The zero-order valence-electron chi connectivity index (χ0n) is 10.8. The molecule has 6 heteroatoms. The Morgan fingerprint density at radius 1 is 1.30 bits per heavy atom. The lowest BCUT2D eigenvalue weighted by Crippen LogP contribution is -1.95. The minimum absolute atomic E-state index is 0.608. The SMILES string of the molecule is CNc1ncc2c(-c3ccn4nccc4c3)c[nH]c2n1. The molecular weight excluding hydrogens is 252 g/mol. The van der Waals surface area contributed by atoms with E-state index < -0.39 is 0 Å². The summed E-state index contributed by atoms with van der Waals surface area (Å²) in [5, 5.41) is 8.14. The fourth-order valence-corrected chi connectivity index (χ4v) is 2.36. The summed E-state index contributed by atoms with van der Waals surface area (Å²) in [6, 6.07) is 6.12. The minimum Gasteiger partial charge on any atom is -0.357 e. The highest BCUT2D eigenvalue weighted by Crippen LogP contribution is 2.28. The Morgan fingerprint density at radius 3 is 3.15 bits per heavy atom. The van der Waals surface area contributed by atoms with Crippen molar-refractivity contribution in [3.05, 3.63) is 43.0 Å². The molecule has 0 spiro atoms. The van der Waals surface area contributed by atoms with Gasteiger partial charge < -0.3 is 10.3 Å². The van der Waals surface area contributed by atoms with Gasteiger partial charge in [-0.05, 0) is 23.8 Å². The number of hydrogen-bond donors (Lipinski definition) is 2. The molecule has 0 aromatic carbocycles. The van der Waals surface area contributed by atoms with Crippen LogP contribution in [0, 0.1) is 0 Å². The molecule has 0 atom stereocenters. The molecule has 98 valence electrons. The second-order valence-electron chi connectivity index (χ2n) is 4.52. The zero-order valence-corrected chi connectivity index (χ0v) is 10.8. The van der Waals surface area contributed by atoms with Gasteiger partial charge in [-0.25, -0.2) is 9.50 Å². The number of hydrogen-bond acceptors (Lipinski definition) is 4. The molecule has 4 heterocycles. The second kappa shape index (κ2) is 4.06. The van der Waals surface area contributed by atoms with E-state index in [-0.39, 0.29) is 0 Å². The summed E-state index contributed by atoms with van der Waals surface area (Å²) in [4.78, 5) is 11.9. The predicted molar refractivity (Wildman–Crippen MR) is 77.6 cm³/mol. The molecule has 4 aromatic heterocycles. The molecule has 4 aromatic rings. The van der Waals surface area contributed by atoms with Crippen molar-refractivity contribution in [2.24, 2.45) is 0 Å². The van der Waals surface area contributed by atoms with Gasteiger partial charge in [0.1, 0.15) is 5.65 Å². The first-order valence-corrected chi connectivity index (χ1v) is 6.31. The quantitative estimate of drug-likeness (QED) is 0.583. The highest BCUT2D eigenvalue weighted by atomic mass is 15.2. The van der Waals surface area contributed by atoms with Crippen molar-refractivity contribution in [3.63, 3.8) is 0 Å². The Hall–Kier alpha value is -2.89.